The van der Waals surface area contributed by atoms with Gasteiger partial charge in [-0.2, -0.15) is 4.80 Å². The first-order valence-electron chi connectivity index (χ1n) is 7.29. The molecule has 21 heavy (non-hydrogen) atoms. The second-order valence-electron chi connectivity index (χ2n) is 5.75. The van der Waals surface area contributed by atoms with E-state index in [9.17, 15) is 0 Å². The summed E-state index contributed by atoms with van der Waals surface area (Å²) in [4.78, 5) is 5.34. The summed E-state index contributed by atoms with van der Waals surface area (Å²) < 4.78 is 0. The number of aromatic nitrogens is 4. The number of rotatable bonds is 5. The number of hydrogen-bond acceptors (Lipinski definition) is 5. The molecule has 3 rings (SSSR count). The number of aryl methyl sites for hydroxylation is 1. The Kier molecular flexibility index (Phi) is 4.26. The molecule has 1 aliphatic heterocycles. The van der Waals surface area contributed by atoms with Gasteiger partial charge in [-0.05, 0) is 57.3 Å². The molecule has 5 nitrogen and oxygen atoms in total. The lowest BCUT2D eigenvalue weighted by molar-refractivity contribution is 0.342. The molecule has 0 amide bonds. The first-order valence-corrected chi connectivity index (χ1v) is 8.17. The predicted octanol–water partition coefficient (Wildman–Crippen LogP) is 2.36. The van der Waals surface area contributed by atoms with Crippen LogP contribution in [0.25, 0.3) is 0 Å². The molecule has 1 aliphatic carbocycles. The lowest BCUT2D eigenvalue weighted by Crippen LogP contribution is -2.21. The molecule has 6 heteroatoms. The van der Waals surface area contributed by atoms with Gasteiger partial charge in [-0.1, -0.05) is 18.2 Å². The summed E-state index contributed by atoms with van der Waals surface area (Å²) in [5.74, 6) is 0.728. The van der Waals surface area contributed by atoms with Crippen molar-refractivity contribution >= 4 is 11.8 Å². The van der Waals surface area contributed by atoms with Crippen LogP contribution in [0.3, 0.4) is 0 Å². The van der Waals surface area contributed by atoms with E-state index in [-0.39, 0.29) is 6.04 Å². The Bertz CT molecular complexity index is 599. The number of nitrogens with zero attached hydrogens (tertiary/aromatic N) is 5. The number of hydrogen-bond donors (Lipinski definition) is 0. The molecule has 0 aromatic carbocycles. The first kappa shape index (κ1) is 14.5. The molecule has 0 N–H and O–H groups in total. The monoisotopic (exact) mass is 303 g/mol. The second kappa shape index (κ2) is 6.15. The highest BCUT2D eigenvalue weighted by molar-refractivity contribution is 8.04. The zero-order chi connectivity index (χ0) is 14.8. The Labute approximate surface area is 129 Å². The number of fused-ring (bicyclic) bond motifs is 1. The van der Waals surface area contributed by atoms with Gasteiger partial charge in [0.2, 0.25) is 0 Å². The highest BCUT2D eigenvalue weighted by Crippen LogP contribution is 2.45. The summed E-state index contributed by atoms with van der Waals surface area (Å²) in [6.45, 7) is 2.89. The van der Waals surface area contributed by atoms with E-state index in [0.29, 0.717) is 5.25 Å². The summed E-state index contributed by atoms with van der Waals surface area (Å²) >= 11 is 1.95. The lowest BCUT2D eigenvalue weighted by atomic mass is 10.0. The average molecular weight is 303 g/mol. The van der Waals surface area contributed by atoms with Crippen molar-refractivity contribution in [3.05, 3.63) is 40.6 Å². The lowest BCUT2D eigenvalue weighted by Gasteiger charge is -2.20. The van der Waals surface area contributed by atoms with Crippen molar-refractivity contribution in [1.82, 2.24) is 25.1 Å². The van der Waals surface area contributed by atoms with Gasteiger partial charge < -0.3 is 4.90 Å². The minimum absolute atomic E-state index is 0.185. The molecular formula is C15H21N5S. The summed E-state index contributed by atoms with van der Waals surface area (Å²) in [7, 11) is 4.19. The third-order valence-electron chi connectivity index (χ3n) is 3.72. The molecule has 2 atom stereocenters. The Balaban J connectivity index is 1.84. The Morgan fingerprint density at radius 3 is 3.00 bits per heavy atom. The highest BCUT2D eigenvalue weighted by Gasteiger charge is 2.29. The number of tetrazole rings is 1. The van der Waals surface area contributed by atoms with Crippen molar-refractivity contribution < 1.29 is 0 Å². The number of thioether (sulfide) groups is 1. The molecule has 0 spiro atoms. The molecule has 2 heterocycles. The van der Waals surface area contributed by atoms with Crippen LogP contribution in [0.2, 0.25) is 0 Å². The molecule has 0 fully saturated rings. The van der Waals surface area contributed by atoms with Crippen LogP contribution < -0.4 is 0 Å². The van der Waals surface area contributed by atoms with E-state index in [1.165, 1.54) is 10.5 Å². The smallest absolute Gasteiger partial charge is 0.171 e. The molecule has 1 aromatic rings. The maximum atomic E-state index is 4.44. The fraction of sp³-hybridized carbons (Fsp3) is 0.533. The van der Waals surface area contributed by atoms with Crippen molar-refractivity contribution in [2.45, 2.75) is 31.1 Å². The van der Waals surface area contributed by atoms with Crippen molar-refractivity contribution in [1.29, 1.82) is 0 Å². The topological polar surface area (TPSA) is 46.8 Å². The third kappa shape index (κ3) is 3.27. The van der Waals surface area contributed by atoms with Gasteiger partial charge in [0.05, 0.1) is 0 Å². The Morgan fingerprint density at radius 1 is 1.48 bits per heavy atom. The molecule has 0 saturated heterocycles. The van der Waals surface area contributed by atoms with E-state index in [0.717, 1.165) is 25.2 Å². The van der Waals surface area contributed by atoms with Gasteiger partial charge in [0.25, 0.3) is 0 Å². The van der Waals surface area contributed by atoms with Crippen LogP contribution in [-0.4, -0.2) is 51.0 Å². The molecule has 0 radical (unpaired) electrons. The Hall–Kier alpha value is -1.40. The summed E-state index contributed by atoms with van der Waals surface area (Å²) in [5, 5.41) is 13.3. The van der Waals surface area contributed by atoms with Gasteiger partial charge in [-0.15, -0.1) is 22.0 Å². The largest absolute Gasteiger partial charge is 0.309 e. The van der Waals surface area contributed by atoms with Crippen LogP contribution in [-0.2, 0) is 0 Å². The third-order valence-corrected chi connectivity index (χ3v) is 5.13. The highest BCUT2D eigenvalue weighted by atomic mass is 32.2. The van der Waals surface area contributed by atoms with E-state index < -0.39 is 0 Å². The first-order chi connectivity index (χ1) is 10.1. The van der Waals surface area contributed by atoms with Gasteiger partial charge in [0.15, 0.2) is 5.82 Å². The van der Waals surface area contributed by atoms with Gasteiger partial charge in [0, 0.05) is 10.2 Å². The Morgan fingerprint density at radius 2 is 2.33 bits per heavy atom. The maximum absolute atomic E-state index is 4.44. The molecule has 0 bridgehead atoms. The average Bonchev–Trinajstić information content (AvgIpc) is 3.05. The van der Waals surface area contributed by atoms with E-state index in [4.69, 9.17) is 0 Å². The van der Waals surface area contributed by atoms with E-state index in [1.807, 2.05) is 18.7 Å². The molecule has 112 valence electrons. The van der Waals surface area contributed by atoms with Crippen LogP contribution in [0.1, 0.15) is 24.7 Å². The quantitative estimate of drug-likeness (QED) is 0.835. The van der Waals surface area contributed by atoms with Crippen molar-refractivity contribution in [2.24, 2.45) is 0 Å². The molecule has 2 aliphatic rings. The van der Waals surface area contributed by atoms with Gasteiger partial charge in [-0.3, -0.25) is 0 Å². The zero-order valence-corrected chi connectivity index (χ0v) is 13.5. The van der Waals surface area contributed by atoms with Crippen LogP contribution in [0.4, 0.5) is 0 Å². The van der Waals surface area contributed by atoms with Crippen molar-refractivity contribution in [2.75, 3.05) is 20.6 Å². The van der Waals surface area contributed by atoms with Gasteiger partial charge >= 0.3 is 0 Å². The summed E-state index contributed by atoms with van der Waals surface area (Å²) in [6, 6.07) is 0.185. The van der Waals surface area contributed by atoms with Crippen molar-refractivity contribution in [3.8, 4) is 0 Å². The van der Waals surface area contributed by atoms with Crippen molar-refractivity contribution in [3.63, 3.8) is 0 Å². The minimum Gasteiger partial charge on any atom is -0.309 e. The normalized spacial score (nSPS) is 22.2. The van der Waals surface area contributed by atoms with Crippen LogP contribution in [0, 0.1) is 6.92 Å². The predicted molar refractivity (Wildman–Crippen MR) is 86.1 cm³/mol. The molecule has 1 aromatic heterocycles. The molecule has 0 saturated carbocycles. The fourth-order valence-corrected chi connectivity index (χ4v) is 3.99. The summed E-state index contributed by atoms with van der Waals surface area (Å²) in [5.41, 5.74) is 1.42. The molecule has 2 unspecified atom stereocenters. The van der Waals surface area contributed by atoms with Crippen LogP contribution >= 0.6 is 11.8 Å². The van der Waals surface area contributed by atoms with E-state index in [2.05, 4.69) is 58.7 Å². The fourth-order valence-electron chi connectivity index (χ4n) is 2.60. The van der Waals surface area contributed by atoms with Crippen LogP contribution in [0.5, 0.6) is 0 Å². The number of allylic oxidation sites excluding steroid dienone is 5. The zero-order valence-electron chi connectivity index (χ0n) is 12.7. The van der Waals surface area contributed by atoms with Gasteiger partial charge in [-0.25, -0.2) is 0 Å². The SMILES string of the molecule is Cc1nnn(C(CCN(C)C)C2=CC3=CC=CCC3S2)n1. The van der Waals surface area contributed by atoms with Gasteiger partial charge in [0.1, 0.15) is 6.04 Å². The minimum atomic E-state index is 0.185. The van der Waals surface area contributed by atoms with E-state index >= 15 is 0 Å². The van der Waals surface area contributed by atoms with Crippen LogP contribution in [0.15, 0.2) is 34.8 Å². The summed E-state index contributed by atoms with van der Waals surface area (Å²) in [6.07, 6.45) is 11.0. The standard InChI is InChI=1S/C15H21N5S/c1-11-16-18-20(17-11)13(8-9-19(2)3)15-10-12-6-4-5-7-14(12)21-15/h4-6,10,13-14H,7-9H2,1-3H3. The molecular weight excluding hydrogens is 282 g/mol. The van der Waals surface area contributed by atoms with E-state index in [1.54, 1.807) is 4.80 Å². The maximum Gasteiger partial charge on any atom is 0.171 e. The second-order valence-corrected chi connectivity index (χ2v) is 7.02.